The Hall–Kier alpha value is -2.19. The second-order valence-corrected chi connectivity index (χ2v) is 9.08. The molecule has 1 unspecified atom stereocenters. The summed E-state index contributed by atoms with van der Waals surface area (Å²) in [5.41, 5.74) is 2.09. The molecule has 1 aliphatic rings. The molecule has 0 saturated carbocycles. The van der Waals surface area contributed by atoms with Crippen molar-refractivity contribution in [3.63, 3.8) is 0 Å². The van der Waals surface area contributed by atoms with Crippen LogP contribution in [0.2, 0.25) is 0 Å². The van der Waals surface area contributed by atoms with Gasteiger partial charge in [0.1, 0.15) is 4.64 Å². The normalized spacial score (nSPS) is 21.0. The van der Waals surface area contributed by atoms with Gasteiger partial charge in [0.05, 0.1) is 36.5 Å². The highest BCUT2D eigenvalue weighted by molar-refractivity contribution is 8.00. The van der Waals surface area contributed by atoms with Crippen LogP contribution in [0.25, 0.3) is 0 Å². The summed E-state index contributed by atoms with van der Waals surface area (Å²) in [6.07, 6.45) is 2.49. The summed E-state index contributed by atoms with van der Waals surface area (Å²) in [7, 11) is 0. The standard InChI is InChI=1S/C23H24N2O3S2/c26-23-24-21(29)11-12-25(23)22-13-19(28-15-18-9-5-2-6-10-18)20(30-22)16-27-14-17-7-3-1-4-8-17/h1-12,19-20,22H,13-16H2,(H,24,26,29)/t19-,20-,22?/m0/s1. The molecule has 1 aromatic heterocycles. The van der Waals surface area contributed by atoms with Crippen molar-refractivity contribution in [3.05, 3.63) is 99.2 Å². The van der Waals surface area contributed by atoms with Crippen molar-refractivity contribution in [2.75, 3.05) is 6.61 Å². The Morgan fingerprint density at radius 2 is 1.67 bits per heavy atom. The summed E-state index contributed by atoms with van der Waals surface area (Å²) in [6, 6.07) is 22.0. The number of rotatable bonds is 8. The van der Waals surface area contributed by atoms with E-state index in [1.54, 1.807) is 28.6 Å². The number of thioether (sulfide) groups is 1. The summed E-state index contributed by atoms with van der Waals surface area (Å²) < 4.78 is 14.4. The van der Waals surface area contributed by atoms with Gasteiger partial charge in [0.25, 0.3) is 0 Å². The van der Waals surface area contributed by atoms with Crippen LogP contribution in [0.15, 0.2) is 77.7 Å². The lowest BCUT2D eigenvalue weighted by atomic mass is 10.1. The van der Waals surface area contributed by atoms with Crippen LogP contribution in [0.5, 0.6) is 0 Å². The maximum Gasteiger partial charge on any atom is 0.327 e. The molecule has 2 heterocycles. The summed E-state index contributed by atoms with van der Waals surface area (Å²) in [5.74, 6) is 0. The number of aromatic amines is 1. The van der Waals surface area contributed by atoms with Gasteiger partial charge in [-0.3, -0.25) is 9.55 Å². The Balaban J connectivity index is 1.43. The molecule has 0 amide bonds. The zero-order valence-electron chi connectivity index (χ0n) is 16.5. The quantitative estimate of drug-likeness (QED) is 0.514. The molecule has 1 saturated heterocycles. The number of aromatic nitrogens is 2. The Kier molecular flexibility index (Phi) is 7.17. The van der Waals surface area contributed by atoms with Gasteiger partial charge in [0.2, 0.25) is 0 Å². The van der Waals surface area contributed by atoms with E-state index in [2.05, 4.69) is 29.2 Å². The van der Waals surface area contributed by atoms with Gasteiger partial charge in [-0.1, -0.05) is 72.9 Å². The van der Waals surface area contributed by atoms with Crippen LogP contribution in [0.4, 0.5) is 0 Å². The van der Waals surface area contributed by atoms with Crippen molar-refractivity contribution in [3.8, 4) is 0 Å². The largest absolute Gasteiger partial charge is 0.376 e. The predicted octanol–water partition coefficient (Wildman–Crippen LogP) is 4.71. The van der Waals surface area contributed by atoms with Crippen molar-refractivity contribution in [2.45, 2.75) is 36.4 Å². The van der Waals surface area contributed by atoms with E-state index in [4.69, 9.17) is 21.7 Å². The van der Waals surface area contributed by atoms with E-state index in [1.165, 1.54) is 0 Å². The molecular weight excluding hydrogens is 416 g/mol. The van der Waals surface area contributed by atoms with Crippen molar-refractivity contribution in [2.24, 2.45) is 0 Å². The molecule has 156 valence electrons. The molecule has 7 heteroatoms. The van der Waals surface area contributed by atoms with Gasteiger partial charge in [-0.15, -0.1) is 11.8 Å². The van der Waals surface area contributed by atoms with E-state index in [0.29, 0.717) is 24.5 Å². The third-order valence-corrected chi connectivity index (χ3v) is 6.80. The van der Waals surface area contributed by atoms with E-state index in [9.17, 15) is 4.79 Å². The van der Waals surface area contributed by atoms with Crippen LogP contribution >= 0.6 is 24.0 Å². The number of ether oxygens (including phenoxy) is 2. The third kappa shape index (κ3) is 5.49. The lowest BCUT2D eigenvalue weighted by Crippen LogP contribution is -2.26. The lowest BCUT2D eigenvalue weighted by molar-refractivity contribution is 0.0135. The fourth-order valence-corrected chi connectivity index (χ4v) is 5.18. The van der Waals surface area contributed by atoms with Gasteiger partial charge in [0.15, 0.2) is 0 Å². The molecule has 1 fully saturated rings. The monoisotopic (exact) mass is 440 g/mol. The number of H-pyrrole nitrogens is 1. The first kappa shape index (κ1) is 21.1. The second-order valence-electron chi connectivity index (χ2n) is 7.22. The van der Waals surface area contributed by atoms with E-state index >= 15 is 0 Å². The number of hydrogen-bond acceptors (Lipinski definition) is 5. The van der Waals surface area contributed by atoms with Crippen LogP contribution in [0.3, 0.4) is 0 Å². The molecular formula is C23H24N2O3S2. The average molecular weight is 441 g/mol. The first-order chi connectivity index (χ1) is 14.7. The number of nitrogens with one attached hydrogen (secondary N) is 1. The van der Waals surface area contributed by atoms with Gasteiger partial charge >= 0.3 is 5.69 Å². The highest BCUT2D eigenvalue weighted by Gasteiger charge is 2.37. The van der Waals surface area contributed by atoms with Crippen molar-refractivity contribution in [1.29, 1.82) is 0 Å². The smallest absolute Gasteiger partial charge is 0.327 e. The minimum absolute atomic E-state index is 0.00828. The SMILES string of the molecule is O=c1[nH]c(=S)ccn1C1C[C@H](OCc2ccccc2)[C@H](COCc2ccccc2)S1. The molecule has 3 aromatic rings. The van der Waals surface area contributed by atoms with E-state index in [0.717, 1.165) is 17.5 Å². The van der Waals surface area contributed by atoms with Gasteiger partial charge in [0, 0.05) is 12.6 Å². The molecule has 0 aliphatic carbocycles. The fourth-order valence-electron chi connectivity index (χ4n) is 3.50. The highest BCUT2D eigenvalue weighted by atomic mass is 32.2. The van der Waals surface area contributed by atoms with Crippen LogP contribution in [0.1, 0.15) is 22.9 Å². The van der Waals surface area contributed by atoms with Crippen LogP contribution < -0.4 is 5.69 Å². The first-order valence-electron chi connectivity index (χ1n) is 9.93. The Morgan fingerprint density at radius 1 is 1.00 bits per heavy atom. The highest BCUT2D eigenvalue weighted by Crippen LogP contribution is 2.42. The van der Waals surface area contributed by atoms with Gasteiger partial charge in [-0.25, -0.2) is 4.79 Å². The molecule has 30 heavy (non-hydrogen) atoms. The maximum atomic E-state index is 12.4. The van der Waals surface area contributed by atoms with Gasteiger partial charge in [-0.05, 0) is 17.2 Å². The average Bonchev–Trinajstić information content (AvgIpc) is 3.16. The molecule has 0 radical (unpaired) electrons. The predicted molar refractivity (Wildman–Crippen MR) is 122 cm³/mol. The molecule has 1 aliphatic heterocycles. The Bertz CT molecular complexity index is 1050. The molecule has 0 bridgehead atoms. The topological polar surface area (TPSA) is 56.2 Å². The minimum Gasteiger partial charge on any atom is -0.376 e. The Morgan fingerprint density at radius 3 is 2.33 bits per heavy atom. The maximum absolute atomic E-state index is 12.4. The summed E-state index contributed by atoms with van der Waals surface area (Å²) in [5, 5.41) is 0.118. The minimum atomic E-state index is -0.187. The second kappa shape index (κ2) is 10.2. The number of benzene rings is 2. The van der Waals surface area contributed by atoms with Crippen LogP contribution in [0, 0.1) is 4.64 Å². The molecule has 3 atom stereocenters. The van der Waals surface area contributed by atoms with Crippen molar-refractivity contribution in [1.82, 2.24) is 9.55 Å². The van der Waals surface area contributed by atoms with E-state index < -0.39 is 0 Å². The first-order valence-corrected chi connectivity index (χ1v) is 11.3. The fraction of sp³-hybridized carbons (Fsp3) is 0.304. The summed E-state index contributed by atoms with van der Waals surface area (Å²) in [4.78, 5) is 15.1. The van der Waals surface area contributed by atoms with Crippen LogP contribution in [-0.2, 0) is 22.7 Å². The van der Waals surface area contributed by atoms with E-state index in [-0.39, 0.29) is 22.4 Å². The van der Waals surface area contributed by atoms with Crippen molar-refractivity contribution >= 4 is 24.0 Å². The summed E-state index contributed by atoms with van der Waals surface area (Å²) >= 11 is 6.78. The zero-order valence-corrected chi connectivity index (χ0v) is 18.1. The lowest BCUT2D eigenvalue weighted by Gasteiger charge is -2.19. The zero-order chi connectivity index (χ0) is 20.8. The third-order valence-electron chi connectivity index (χ3n) is 5.04. The Labute approximate surface area is 185 Å². The van der Waals surface area contributed by atoms with Gasteiger partial charge in [-0.2, -0.15) is 0 Å². The summed E-state index contributed by atoms with van der Waals surface area (Å²) in [6.45, 7) is 1.67. The van der Waals surface area contributed by atoms with Crippen LogP contribution in [-0.4, -0.2) is 27.5 Å². The number of hydrogen-bond donors (Lipinski definition) is 1. The number of nitrogens with zero attached hydrogens (tertiary/aromatic N) is 1. The molecule has 1 N–H and O–H groups in total. The van der Waals surface area contributed by atoms with Crippen molar-refractivity contribution < 1.29 is 9.47 Å². The molecule has 4 rings (SSSR count). The van der Waals surface area contributed by atoms with E-state index in [1.807, 2.05) is 36.4 Å². The molecule has 2 aromatic carbocycles. The molecule has 5 nitrogen and oxygen atoms in total. The molecule has 0 spiro atoms. The van der Waals surface area contributed by atoms with Gasteiger partial charge < -0.3 is 9.47 Å².